The molecule has 0 radical (unpaired) electrons. The maximum absolute atomic E-state index is 4.58. The number of nitrogens with one attached hydrogen (secondary N) is 3. The summed E-state index contributed by atoms with van der Waals surface area (Å²) in [4.78, 5) is 12.1. The lowest BCUT2D eigenvalue weighted by Gasteiger charge is -2.09. The van der Waals surface area contributed by atoms with E-state index in [9.17, 15) is 0 Å². The zero-order chi connectivity index (χ0) is 18.9. The Balaban J connectivity index is 1.30. The molecule has 3 heterocycles. The van der Waals surface area contributed by atoms with Gasteiger partial charge >= 0.3 is 0 Å². The Morgan fingerprint density at radius 1 is 1.00 bits per heavy atom. The highest BCUT2D eigenvalue weighted by molar-refractivity contribution is 5.84. The van der Waals surface area contributed by atoms with E-state index in [1.54, 1.807) is 6.20 Å². The molecule has 0 aliphatic rings. The molecule has 138 valence electrons. The lowest BCUT2D eigenvalue weighted by Crippen LogP contribution is -2.04. The van der Waals surface area contributed by atoms with Crippen LogP contribution >= 0.6 is 0 Å². The zero-order valence-corrected chi connectivity index (χ0v) is 15.5. The summed E-state index contributed by atoms with van der Waals surface area (Å²) in [5.74, 6) is 1.36. The smallest absolute Gasteiger partial charge is 0.229 e. The van der Waals surface area contributed by atoms with Crippen molar-refractivity contribution in [2.75, 3.05) is 10.6 Å². The highest BCUT2D eigenvalue weighted by Gasteiger charge is 2.04. The Morgan fingerprint density at radius 2 is 1.96 bits per heavy atom. The van der Waals surface area contributed by atoms with Crippen LogP contribution in [0, 0.1) is 0 Å². The Labute approximate surface area is 162 Å². The zero-order valence-electron chi connectivity index (χ0n) is 15.5. The fourth-order valence-electron chi connectivity index (χ4n) is 3.41. The van der Waals surface area contributed by atoms with Crippen molar-refractivity contribution in [2.24, 2.45) is 7.05 Å². The average molecular weight is 368 g/mol. The standard InChI is InChI=1S/C22H20N6/c1-28-11-8-17-13-18(3-5-20(17)28)26-22-24-10-7-21(27-22)25-14-15-2-4-19-16(12-15)6-9-23-19/h2-13,23H,14H2,1H3,(H2,24,25,26,27). The van der Waals surface area contributed by atoms with Crippen molar-refractivity contribution in [3.05, 3.63) is 78.8 Å². The molecule has 5 rings (SSSR count). The van der Waals surface area contributed by atoms with E-state index in [1.165, 1.54) is 21.9 Å². The van der Waals surface area contributed by atoms with Crippen molar-refractivity contribution in [1.29, 1.82) is 0 Å². The first-order valence-corrected chi connectivity index (χ1v) is 9.20. The minimum Gasteiger partial charge on any atom is -0.366 e. The third-order valence-electron chi connectivity index (χ3n) is 4.89. The average Bonchev–Trinajstić information content (AvgIpc) is 3.33. The van der Waals surface area contributed by atoms with Gasteiger partial charge in [0.25, 0.3) is 0 Å². The fraction of sp³-hybridized carbons (Fsp3) is 0.0909. The lowest BCUT2D eigenvalue weighted by molar-refractivity contribution is 0.969. The summed E-state index contributed by atoms with van der Waals surface area (Å²) in [6.07, 6.45) is 5.77. The number of nitrogens with zero attached hydrogens (tertiary/aromatic N) is 3. The second-order valence-electron chi connectivity index (χ2n) is 6.84. The molecular weight excluding hydrogens is 348 g/mol. The summed E-state index contributed by atoms with van der Waals surface area (Å²) in [7, 11) is 2.04. The van der Waals surface area contributed by atoms with Crippen LogP contribution in [0.5, 0.6) is 0 Å². The van der Waals surface area contributed by atoms with E-state index >= 15 is 0 Å². The number of rotatable bonds is 5. The van der Waals surface area contributed by atoms with Crippen LogP contribution in [0.4, 0.5) is 17.5 Å². The maximum Gasteiger partial charge on any atom is 0.229 e. The number of fused-ring (bicyclic) bond motifs is 2. The summed E-state index contributed by atoms with van der Waals surface area (Å²) in [6, 6.07) is 18.7. The first kappa shape index (κ1) is 16.4. The minimum atomic E-state index is 0.571. The van der Waals surface area contributed by atoms with Gasteiger partial charge in [0.2, 0.25) is 5.95 Å². The van der Waals surface area contributed by atoms with Crippen molar-refractivity contribution in [3.63, 3.8) is 0 Å². The number of aromatic amines is 1. The largest absolute Gasteiger partial charge is 0.366 e. The summed E-state index contributed by atoms with van der Waals surface area (Å²) in [6.45, 7) is 0.702. The highest BCUT2D eigenvalue weighted by atomic mass is 15.1. The van der Waals surface area contributed by atoms with Gasteiger partial charge in [0, 0.05) is 54.3 Å². The normalized spacial score (nSPS) is 11.2. The third-order valence-corrected chi connectivity index (χ3v) is 4.89. The van der Waals surface area contributed by atoms with Crippen molar-refractivity contribution >= 4 is 39.3 Å². The lowest BCUT2D eigenvalue weighted by atomic mass is 10.1. The van der Waals surface area contributed by atoms with Gasteiger partial charge in [0.05, 0.1) is 0 Å². The molecule has 3 aromatic heterocycles. The van der Waals surface area contributed by atoms with Gasteiger partial charge in [-0.1, -0.05) is 6.07 Å². The van der Waals surface area contributed by atoms with Gasteiger partial charge in [-0.15, -0.1) is 0 Å². The Morgan fingerprint density at radius 3 is 2.93 bits per heavy atom. The van der Waals surface area contributed by atoms with Crippen LogP contribution in [0.1, 0.15) is 5.56 Å². The molecular formula is C22H20N6. The molecule has 0 amide bonds. The number of hydrogen-bond acceptors (Lipinski definition) is 4. The molecule has 0 saturated carbocycles. The number of anilines is 3. The van der Waals surface area contributed by atoms with E-state index in [0.717, 1.165) is 17.0 Å². The minimum absolute atomic E-state index is 0.571. The molecule has 0 unspecified atom stereocenters. The number of H-pyrrole nitrogens is 1. The van der Waals surface area contributed by atoms with Crippen LogP contribution in [0.15, 0.2) is 73.2 Å². The molecule has 0 aliphatic carbocycles. The van der Waals surface area contributed by atoms with Crippen LogP contribution in [-0.2, 0) is 13.6 Å². The Hall–Kier alpha value is -3.80. The molecule has 0 fully saturated rings. The number of hydrogen-bond donors (Lipinski definition) is 3. The molecule has 6 heteroatoms. The van der Waals surface area contributed by atoms with E-state index in [4.69, 9.17) is 0 Å². The molecule has 28 heavy (non-hydrogen) atoms. The van der Waals surface area contributed by atoms with Crippen LogP contribution in [0.2, 0.25) is 0 Å². The van der Waals surface area contributed by atoms with Gasteiger partial charge in [0.1, 0.15) is 5.82 Å². The molecule has 0 spiro atoms. The quantitative estimate of drug-likeness (QED) is 0.416. The molecule has 0 saturated heterocycles. The molecule has 0 aliphatic heterocycles. The number of aromatic nitrogens is 4. The Kier molecular flexibility index (Phi) is 3.94. The van der Waals surface area contributed by atoms with E-state index in [0.29, 0.717) is 12.5 Å². The van der Waals surface area contributed by atoms with E-state index in [1.807, 2.05) is 25.4 Å². The maximum atomic E-state index is 4.58. The molecule has 0 bridgehead atoms. The molecule has 5 aromatic rings. The predicted molar refractivity (Wildman–Crippen MR) is 114 cm³/mol. The van der Waals surface area contributed by atoms with E-state index in [-0.39, 0.29) is 0 Å². The van der Waals surface area contributed by atoms with Crippen LogP contribution in [-0.4, -0.2) is 19.5 Å². The van der Waals surface area contributed by atoms with Gasteiger partial charge in [-0.3, -0.25) is 0 Å². The van der Waals surface area contributed by atoms with E-state index in [2.05, 4.69) is 78.8 Å². The molecule has 6 nitrogen and oxygen atoms in total. The summed E-state index contributed by atoms with van der Waals surface area (Å²) < 4.78 is 2.10. The van der Waals surface area contributed by atoms with Crippen molar-refractivity contribution in [3.8, 4) is 0 Å². The van der Waals surface area contributed by atoms with Crippen LogP contribution in [0.3, 0.4) is 0 Å². The summed E-state index contributed by atoms with van der Waals surface area (Å²) >= 11 is 0. The molecule has 3 N–H and O–H groups in total. The number of aryl methyl sites for hydroxylation is 1. The second kappa shape index (κ2) is 6.74. The van der Waals surface area contributed by atoms with Crippen LogP contribution in [0.25, 0.3) is 21.8 Å². The summed E-state index contributed by atoms with van der Waals surface area (Å²) in [5, 5.41) is 9.05. The molecule has 2 aromatic carbocycles. The van der Waals surface area contributed by atoms with Crippen LogP contribution < -0.4 is 10.6 Å². The first-order chi connectivity index (χ1) is 13.7. The third kappa shape index (κ3) is 3.16. The fourth-order valence-corrected chi connectivity index (χ4v) is 3.41. The van der Waals surface area contributed by atoms with Crippen molar-refractivity contribution in [1.82, 2.24) is 19.5 Å². The van der Waals surface area contributed by atoms with Gasteiger partial charge in [-0.05, 0) is 59.5 Å². The predicted octanol–water partition coefficient (Wildman–Crippen LogP) is 4.81. The van der Waals surface area contributed by atoms with Crippen molar-refractivity contribution in [2.45, 2.75) is 6.54 Å². The second-order valence-corrected chi connectivity index (χ2v) is 6.84. The SMILES string of the molecule is Cn1ccc2cc(Nc3nccc(NCc4ccc5[nH]ccc5c4)n3)ccc21. The monoisotopic (exact) mass is 368 g/mol. The summed E-state index contributed by atoms with van der Waals surface area (Å²) in [5.41, 5.74) is 4.51. The van der Waals surface area contributed by atoms with Gasteiger partial charge in [0.15, 0.2) is 0 Å². The van der Waals surface area contributed by atoms with Gasteiger partial charge in [-0.2, -0.15) is 4.98 Å². The van der Waals surface area contributed by atoms with E-state index < -0.39 is 0 Å². The number of benzene rings is 2. The Bertz CT molecular complexity index is 1270. The van der Waals surface area contributed by atoms with Gasteiger partial charge < -0.3 is 20.2 Å². The highest BCUT2D eigenvalue weighted by Crippen LogP contribution is 2.22. The van der Waals surface area contributed by atoms with Gasteiger partial charge in [-0.25, -0.2) is 4.98 Å². The molecule has 0 atom stereocenters. The first-order valence-electron chi connectivity index (χ1n) is 9.20. The van der Waals surface area contributed by atoms with Crippen molar-refractivity contribution < 1.29 is 0 Å². The topological polar surface area (TPSA) is 70.6 Å².